The maximum atomic E-state index is 12.7. The molecule has 1 aliphatic heterocycles. The summed E-state index contributed by atoms with van der Waals surface area (Å²) in [4.78, 5) is 1.99. The van der Waals surface area contributed by atoms with Gasteiger partial charge in [0.25, 0.3) is 0 Å². The fourth-order valence-electron chi connectivity index (χ4n) is 2.47. The van der Waals surface area contributed by atoms with Gasteiger partial charge in [-0.15, -0.1) is 0 Å². The number of anilines is 1. The number of nitrogens with one attached hydrogen (secondary N) is 1. The van der Waals surface area contributed by atoms with Gasteiger partial charge >= 0.3 is 6.18 Å². The molecule has 1 heterocycles. The van der Waals surface area contributed by atoms with E-state index in [1.807, 2.05) is 24.8 Å². The molecule has 6 heteroatoms. The minimum atomic E-state index is -4.43. The largest absolute Gasteiger partial charge is 0.416 e. The number of alkyl halides is 3. The predicted octanol–water partition coefficient (Wildman–Crippen LogP) is 2.77. The van der Waals surface area contributed by atoms with Gasteiger partial charge in [-0.25, -0.2) is 0 Å². The van der Waals surface area contributed by atoms with Gasteiger partial charge in [-0.1, -0.05) is 0 Å². The van der Waals surface area contributed by atoms with Gasteiger partial charge in [0.1, 0.15) is 6.07 Å². The van der Waals surface area contributed by atoms with Gasteiger partial charge in [-0.3, -0.25) is 0 Å². The van der Waals surface area contributed by atoms with E-state index in [1.165, 1.54) is 6.07 Å². The van der Waals surface area contributed by atoms with Gasteiger partial charge in [0, 0.05) is 25.2 Å². The summed E-state index contributed by atoms with van der Waals surface area (Å²) in [6.07, 6.45) is -4.43. The molecule has 2 rings (SSSR count). The van der Waals surface area contributed by atoms with E-state index in [-0.39, 0.29) is 11.1 Å². The molecule has 1 aromatic rings. The van der Waals surface area contributed by atoms with Crippen molar-refractivity contribution in [1.29, 1.82) is 5.26 Å². The van der Waals surface area contributed by atoms with Crippen LogP contribution in [0.25, 0.3) is 0 Å². The van der Waals surface area contributed by atoms with Gasteiger partial charge in [0.2, 0.25) is 0 Å². The van der Waals surface area contributed by atoms with E-state index in [4.69, 9.17) is 5.26 Å². The molecule has 0 atom stereocenters. The average Bonchev–Trinajstić information content (AvgIpc) is 2.36. The Morgan fingerprint density at radius 2 is 2.05 bits per heavy atom. The molecule has 0 radical (unpaired) electrons. The first-order valence-electron chi connectivity index (χ1n) is 6.35. The Labute approximate surface area is 116 Å². The summed E-state index contributed by atoms with van der Waals surface area (Å²) in [5.41, 5.74) is -0.406. The highest BCUT2D eigenvalue weighted by molar-refractivity contribution is 5.62. The molecule has 1 saturated heterocycles. The minimum Gasteiger partial charge on any atom is -0.363 e. The summed E-state index contributed by atoms with van der Waals surface area (Å²) >= 11 is 0. The number of nitrogens with zero attached hydrogens (tertiary/aromatic N) is 2. The van der Waals surface area contributed by atoms with Gasteiger partial charge in [-0.2, -0.15) is 18.4 Å². The molecule has 0 bridgehead atoms. The lowest BCUT2D eigenvalue weighted by atomic mass is 9.97. The van der Waals surface area contributed by atoms with Crippen molar-refractivity contribution in [3.05, 3.63) is 29.3 Å². The van der Waals surface area contributed by atoms with E-state index < -0.39 is 11.7 Å². The Bertz CT molecular complexity index is 544. The third-order valence-electron chi connectivity index (χ3n) is 3.54. The SMILES string of the molecule is CC1(C)CNCCN1c1ccc(C(F)(F)F)cc1C#N. The third kappa shape index (κ3) is 2.73. The lowest BCUT2D eigenvalue weighted by Gasteiger charge is -2.44. The van der Waals surface area contributed by atoms with Crippen LogP contribution in [0.15, 0.2) is 18.2 Å². The van der Waals surface area contributed by atoms with E-state index in [9.17, 15) is 13.2 Å². The van der Waals surface area contributed by atoms with Crippen molar-refractivity contribution in [1.82, 2.24) is 5.32 Å². The number of nitriles is 1. The van der Waals surface area contributed by atoms with Crippen LogP contribution in [-0.4, -0.2) is 25.2 Å². The predicted molar refractivity (Wildman–Crippen MR) is 70.5 cm³/mol. The summed E-state index contributed by atoms with van der Waals surface area (Å²) in [5.74, 6) is 0. The highest BCUT2D eigenvalue weighted by atomic mass is 19.4. The van der Waals surface area contributed by atoms with E-state index >= 15 is 0 Å². The molecule has 0 aliphatic carbocycles. The van der Waals surface area contributed by atoms with Crippen LogP contribution in [0.5, 0.6) is 0 Å². The van der Waals surface area contributed by atoms with Crippen LogP contribution < -0.4 is 10.2 Å². The number of piperazine rings is 1. The molecular formula is C14H16F3N3. The van der Waals surface area contributed by atoms with Gasteiger partial charge in [-0.05, 0) is 32.0 Å². The third-order valence-corrected chi connectivity index (χ3v) is 3.54. The Morgan fingerprint density at radius 3 is 2.60 bits per heavy atom. The first kappa shape index (κ1) is 14.7. The van der Waals surface area contributed by atoms with Crippen molar-refractivity contribution < 1.29 is 13.2 Å². The number of benzene rings is 1. The number of halogens is 3. The second kappa shape index (κ2) is 4.98. The summed E-state index contributed by atoms with van der Waals surface area (Å²) in [6.45, 7) is 6.12. The quantitative estimate of drug-likeness (QED) is 0.861. The number of hydrogen-bond acceptors (Lipinski definition) is 3. The van der Waals surface area contributed by atoms with Crippen LogP contribution >= 0.6 is 0 Å². The lowest BCUT2D eigenvalue weighted by Crippen LogP contribution is -2.58. The van der Waals surface area contributed by atoms with Gasteiger partial charge in [0.05, 0.1) is 16.8 Å². The van der Waals surface area contributed by atoms with E-state index in [1.54, 1.807) is 0 Å². The maximum absolute atomic E-state index is 12.7. The van der Waals surface area contributed by atoms with Crippen LogP contribution in [0, 0.1) is 11.3 Å². The zero-order valence-corrected chi connectivity index (χ0v) is 11.4. The van der Waals surface area contributed by atoms with Crippen LogP contribution in [0.2, 0.25) is 0 Å². The molecule has 108 valence electrons. The highest BCUT2D eigenvalue weighted by Gasteiger charge is 2.34. The lowest BCUT2D eigenvalue weighted by molar-refractivity contribution is -0.137. The van der Waals surface area contributed by atoms with Crippen molar-refractivity contribution >= 4 is 5.69 Å². The molecule has 0 aromatic heterocycles. The van der Waals surface area contributed by atoms with Crippen LogP contribution in [0.1, 0.15) is 25.0 Å². The van der Waals surface area contributed by atoms with Crippen LogP contribution in [0.3, 0.4) is 0 Å². The Kier molecular flexibility index (Phi) is 3.65. The highest BCUT2D eigenvalue weighted by Crippen LogP contribution is 2.34. The standard InChI is InChI=1S/C14H16F3N3/c1-13(2)9-19-5-6-20(13)12-4-3-11(14(15,16)17)7-10(12)8-18/h3-4,7,19H,5-6,9H2,1-2H3. The van der Waals surface area contributed by atoms with Gasteiger partial charge < -0.3 is 10.2 Å². The van der Waals surface area contributed by atoms with Gasteiger partial charge in [0.15, 0.2) is 0 Å². The maximum Gasteiger partial charge on any atom is 0.416 e. The first-order valence-corrected chi connectivity index (χ1v) is 6.35. The molecular weight excluding hydrogens is 267 g/mol. The van der Waals surface area contributed by atoms with Crippen molar-refractivity contribution in [3.8, 4) is 6.07 Å². The van der Waals surface area contributed by atoms with Crippen molar-refractivity contribution in [2.24, 2.45) is 0 Å². The smallest absolute Gasteiger partial charge is 0.363 e. The molecule has 0 saturated carbocycles. The molecule has 1 aromatic carbocycles. The summed E-state index contributed by atoms with van der Waals surface area (Å²) in [6, 6.07) is 5.24. The van der Waals surface area contributed by atoms with Crippen molar-refractivity contribution in [3.63, 3.8) is 0 Å². The van der Waals surface area contributed by atoms with Crippen LogP contribution in [0.4, 0.5) is 18.9 Å². The number of hydrogen-bond donors (Lipinski definition) is 1. The molecule has 1 fully saturated rings. The minimum absolute atomic E-state index is 0.0646. The van der Waals surface area contributed by atoms with E-state index in [2.05, 4.69) is 5.32 Å². The summed E-state index contributed by atoms with van der Waals surface area (Å²) in [7, 11) is 0. The molecule has 0 amide bonds. The zero-order chi connectivity index (χ0) is 15.0. The van der Waals surface area contributed by atoms with Crippen molar-refractivity contribution in [2.75, 3.05) is 24.5 Å². The Hall–Kier alpha value is -1.74. The molecule has 1 N–H and O–H groups in total. The Morgan fingerprint density at radius 1 is 1.35 bits per heavy atom. The molecule has 20 heavy (non-hydrogen) atoms. The van der Waals surface area contributed by atoms with E-state index in [0.717, 1.165) is 25.2 Å². The number of rotatable bonds is 1. The topological polar surface area (TPSA) is 39.1 Å². The zero-order valence-electron chi connectivity index (χ0n) is 11.4. The molecule has 3 nitrogen and oxygen atoms in total. The van der Waals surface area contributed by atoms with Crippen molar-refractivity contribution in [2.45, 2.75) is 25.6 Å². The first-order chi connectivity index (χ1) is 9.25. The molecule has 1 aliphatic rings. The van der Waals surface area contributed by atoms with E-state index in [0.29, 0.717) is 12.2 Å². The fourth-order valence-corrected chi connectivity index (χ4v) is 2.47. The second-order valence-electron chi connectivity index (χ2n) is 5.48. The molecule has 0 spiro atoms. The summed E-state index contributed by atoms with van der Waals surface area (Å²) < 4.78 is 38.1. The summed E-state index contributed by atoms with van der Waals surface area (Å²) in [5, 5.41) is 12.4. The monoisotopic (exact) mass is 283 g/mol. The average molecular weight is 283 g/mol. The Balaban J connectivity index is 2.45. The normalized spacial score (nSPS) is 18.7. The van der Waals surface area contributed by atoms with Crippen LogP contribution in [-0.2, 0) is 6.18 Å². The second-order valence-corrected chi connectivity index (χ2v) is 5.48. The molecule has 0 unspecified atom stereocenters. The fraction of sp³-hybridized carbons (Fsp3) is 0.500.